The molecule has 3 rings (SSSR count). The van der Waals surface area contributed by atoms with Crippen molar-refractivity contribution in [3.05, 3.63) is 59.1 Å². The van der Waals surface area contributed by atoms with Gasteiger partial charge in [0, 0.05) is 35.4 Å². The number of hydrogen-bond donors (Lipinski definition) is 2. The number of aryl methyl sites for hydroxylation is 1. The number of carbonyl (C=O) groups excluding carboxylic acids is 2. The first-order valence-corrected chi connectivity index (χ1v) is 9.99. The Morgan fingerprint density at radius 2 is 1.50 bits per heavy atom. The number of piperidine rings is 1. The average molecular weight is 400 g/mol. The Bertz CT molecular complexity index is 813. The van der Waals surface area contributed by atoms with Crippen molar-refractivity contribution in [1.82, 2.24) is 4.90 Å². The lowest BCUT2D eigenvalue weighted by atomic mass is 9.85. The van der Waals surface area contributed by atoms with Crippen LogP contribution in [-0.2, 0) is 4.79 Å². The molecule has 3 amide bonds. The summed E-state index contributed by atoms with van der Waals surface area (Å²) in [6.45, 7) is 5.28. The van der Waals surface area contributed by atoms with Gasteiger partial charge in [-0.15, -0.1) is 0 Å². The number of urea groups is 1. The Balaban J connectivity index is 1.48. The van der Waals surface area contributed by atoms with Gasteiger partial charge in [0.05, 0.1) is 0 Å². The number of nitrogens with one attached hydrogen (secondary N) is 2. The number of carbonyl (C=O) groups is 2. The molecule has 1 fully saturated rings. The van der Waals surface area contributed by atoms with E-state index in [0.29, 0.717) is 18.1 Å². The number of rotatable bonds is 4. The minimum absolute atomic E-state index is 0.0351. The predicted molar refractivity (Wildman–Crippen MR) is 114 cm³/mol. The zero-order valence-electron chi connectivity index (χ0n) is 16.2. The highest BCUT2D eigenvalue weighted by Gasteiger charge is 2.29. The summed E-state index contributed by atoms with van der Waals surface area (Å²) in [5, 5.41) is 6.52. The van der Waals surface area contributed by atoms with E-state index in [0.717, 1.165) is 29.8 Å². The molecule has 2 aromatic rings. The van der Waals surface area contributed by atoms with Gasteiger partial charge in [-0.1, -0.05) is 36.2 Å². The van der Waals surface area contributed by atoms with Gasteiger partial charge in [-0.25, -0.2) is 4.79 Å². The van der Waals surface area contributed by atoms with E-state index >= 15 is 0 Å². The third kappa shape index (κ3) is 5.26. The molecule has 1 saturated heterocycles. The van der Waals surface area contributed by atoms with Crippen molar-refractivity contribution >= 4 is 34.9 Å². The van der Waals surface area contributed by atoms with E-state index in [2.05, 4.69) is 10.6 Å². The van der Waals surface area contributed by atoms with Crippen LogP contribution in [0.1, 0.15) is 25.3 Å². The number of anilines is 2. The third-order valence-corrected chi connectivity index (χ3v) is 5.61. The van der Waals surface area contributed by atoms with Crippen LogP contribution in [0.4, 0.5) is 16.2 Å². The van der Waals surface area contributed by atoms with E-state index in [1.54, 1.807) is 29.2 Å². The maximum atomic E-state index is 12.6. The van der Waals surface area contributed by atoms with Gasteiger partial charge in [0.15, 0.2) is 0 Å². The lowest BCUT2D eigenvalue weighted by molar-refractivity contribution is -0.121. The molecule has 0 unspecified atom stereocenters. The highest BCUT2D eigenvalue weighted by molar-refractivity contribution is 6.30. The van der Waals surface area contributed by atoms with E-state index < -0.39 is 0 Å². The molecule has 6 heteroatoms. The topological polar surface area (TPSA) is 61.4 Å². The second-order valence-electron chi connectivity index (χ2n) is 7.41. The molecule has 0 spiro atoms. The lowest BCUT2D eigenvalue weighted by Crippen LogP contribution is -2.43. The van der Waals surface area contributed by atoms with Crippen molar-refractivity contribution in [2.24, 2.45) is 11.8 Å². The Labute approximate surface area is 171 Å². The molecule has 0 aliphatic carbocycles. The lowest BCUT2D eigenvalue weighted by Gasteiger charge is -2.34. The van der Waals surface area contributed by atoms with Crippen molar-refractivity contribution in [3.8, 4) is 0 Å². The van der Waals surface area contributed by atoms with Gasteiger partial charge in [0.25, 0.3) is 0 Å². The number of benzene rings is 2. The van der Waals surface area contributed by atoms with Crippen molar-refractivity contribution in [3.63, 3.8) is 0 Å². The fourth-order valence-electron chi connectivity index (χ4n) is 3.45. The van der Waals surface area contributed by atoms with Crippen LogP contribution in [-0.4, -0.2) is 29.9 Å². The fourth-order valence-corrected chi connectivity index (χ4v) is 3.57. The van der Waals surface area contributed by atoms with E-state index in [9.17, 15) is 9.59 Å². The molecule has 1 atom stereocenters. The Hall–Kier alpha value is -2.53. The molecule has 28 heavy (non-hydrogen) atoms. The van der Waals surface area contributed by atoms with Gasteiger partial charge in [-0.05, 0) is 62.1 Å². The molecule has 2 N–H and O–H groups in total. The fraction of sp³-hybridized carbons (Fsp3) is 0.364. The first-order chi connectivity index (χ1) is 13.4. The zero-order valence-corrected chi connectivity index (χ0v) is 17.0. The van der Waals surface area contributed by atoms with Crippen LogP contribution in [0, 0.1) is 18.8 Å². The Kier molecular flexibility index (Phi) is 6.57. The highest BCUT2D eigenvalue weighted by atomic mass is 35.5. The standard InChI is InChI=1S/C22H26ClN3O2/c1-15-3-7-19(8-4-15)24-21(27)16(2)17-11-13-26(14-12-17)22(28)25-20-9-5-18(23)6-10-20/h3-10,16-17H,11-14H2,1-2H3,(H,24,27)(H,25,28)/t16-/m0/s1. The van der Waals surface area contributed by atoms with Gasteiger partial charge < -0.3 is 15.5 Å². The largest absolute Gasteiger partial charge is 0.326 e. The van der Waals surface area contributed by atoms with Gasteiger partial charge in [0.1, 0.15) is 0 Å². The van der Waals surface area contributed by atoms with E-state index in [-0.39, 0.29) is 23.8 Å². The summed E-state index contributed by atoms with van der Waals surface area (Å²) in [5.41, 5.74) is 2.71. The summed E-state index contributed by atoms with van der Waals surface area (Å²) in [6, 6.07) is 14.8. The Morgan fingerprint density at radius 3 is 2.11 bits per heavy atom. The minimum atomic E-state index is -0.113. The van der Waals surface area contributed by atoms with E-state index in [1.165, 1.54) is 0 Å². The van der Waals surface area contributed by atoms with E-state index in [1.807, 2.05) is 38.1 Å². The SMILES string of the molecule is Cc1ccc(NC(=O)[C@@H](C)C2CCN(C(=O)Nc3ccc(Cl)cc3)CC2)cc1. The van der Waals surface area contributed by atoms with Gasteiger partial charge >= 0.3 is 6.03 Å². The van der Waals surface area contributed by atoms with Crippen LogP contribution in [0.5, 0.6) is 0 Å². The molecule has 0 radical (unpaired) electrons. The summed E-state index contributed by atoms with van der Waals surface area (Å²) >= 11 is 5.87. The number of amides is 3. The Morgan fingerprint density at radius 1 is 0.964 bits per heavy atom. The summed E-state index contributed by atoms with van der Waals surface area (Å²) in [7, 11) is 0. The summed E-state index contributed by atoms with van der Waals surface area (Å²) in [6.07, 6.45) is 1.63. The van der Waals surface area contributed by atoms with Crippen LogP contribution >= 0.6 is 11.6 Å². The van der Waals surface area contributed by atoms with Crippen molar-refractivity contribution < 1.29 is 9.59 Å². The van der Waals surface area contributed by atoms with Crippen molar-refractivity contribution in [2.45, 2.75) is 26.7 Å². The molecule has 0 aromatic heterocycles. The van der Waals surface area contributed by atoms with E-state index in [4.69, 9.17) is 11.6 Å². The normalized spacial score (nSPS) is 15.8. The van der Waals surface area contributed by atoms with Crippen molar-refractivity contribution in [1.29, 1.82) is 0 Å². The predicted octanol–water partition coefficient (Wildman–Crippen LogP) is 5.17. The summed E-state index contributed by atoms with van der Waals surface area (Å²) in [5.74, 6) is 0.209. The average Bonchev–Trinajstić information content (AvgIpc) is 2.71. The van der Waals surface area contributed by atoms with Crippen LogP contribution < -0.4 is 10.6 Å². The molecule has 1 heterocycles. The molecular formula is C22H26ClN3O2. The molecule has 0 bridgehead atoms. The summed E-state index contributed by atoms with van der Waals surface area (Å²) in [4.78, 5) is 26.8. The quantitative estimate of drug-likeness (QED) is 0.745. The number of hydrogen-bond acceptors (Lipinski definition) is 2. The van der Waals surface area contributed by atoms with Gasteiger partial charge in [-0.3, -0.25) is 4.79 Å². The molecule has 148 valence electrons. The molecular weight excluding hydrogens is 374 g/mol. The smallest absolute Gasteiger partial charge is 0.321 e. The molecule has 0 saturated carbocycles. The van der Waals surface area contributed by atoms with Gasteiger partial charge in [-0.2, -0.15) is 0 Å². The first kappa shape index (κ1) is 20.2. The minimum Gasteiger partial charge on any atom is -0.326 e. The highest BCUT2D eigenvalue weighted by Crippen LogP contribution is 2.26. The molecule has 1 aliphatic heterocycles. The summed E-state index contributed by atoms with van der Waals surface area (Å²) < 4.78 is 0. The van der Waals surface area contributed by atoms with Gasteiger partial charge in [0.2, 0.25) is 5.91 Å². The first-order valence-electron chi connectivity index (χ1n) is 9.61. The number of halogens is 1. The second kappa shape index (κ2) is 9.11. The van der Waals surface area contributed by atoms with Crippen LogP contribution in [0.3, 0.4) is 0 Å². The van der Waals surface area contributed by atoms with Crippen LogP contribution in [0.25, 0.3) is 0 Å². The van der Waals surface area contributed by atoms with Crippen molar-refractivity contribution in [2.75, 3.05) is 23.7 Å². The number of nitrogens with zero attached hydrogens (tertiary/aromatic N) is 1. The zero-order chi connectivity index (χ0) is 20.1. The maximum Gasteiger partial charge on any atom is 0.321 e. The number of likely N-dealkylation sites (tertiary alicyclic amines) is 1. The molecule has 1 aliphatic rings. The maximum absolute atomic E-state index is 12.6. The molecule has 2 aromatic carbocycles. The molecule has 5 nitrogen and oxygen atoms in total. The van der Waals surface area contributed by atoms with Crippen LogP contribution in [0.2, 0.25) is 5.02 Å². The van der Waals surface area contributed by atoms with Crippen LogP contribution in [0.15, 0.2) is 48.5 Å². The third-order valence-electron chi connectivity index (χ3n) is 5.36. The second-order valence-corrected chi connectivity index (χ2v) is 7.84. The monoisotopic (exact) mass is 399 g/mol.